The Bertz CT molecular complexity index is 343. The van der Waals surface area contributed by atoms with E-state index in [1.165, 1.54) is 25.1 Å². The average Bonchev–Trinajstić information content (AvgIpc) is 2.78. The van der Waals surface area contributed by atoms with Gasteiger partial charge in [0.15, 0.2) is 0 Å². The predicted octanol–water partition coefficient (Wildman–Crippen LogP) is 1.80. The van der Waals surface area contributed by atoms with E-state index in [0.29, 0.717) is 0 Å². The number of fused-ring (bicyclic) bond motifs is 2. The number of nitrogens with zero attached hydrogens (tertiary/aromatic N) is 2. The van der Waals surface area contributed by atoms with Gasteiger partial charge in [0.2, 0.25) is 0 Å². The van der Waals surface area contributed by atoms with Crippen LogP contribution in [-0.4, -0.2) is 42.0 Å². The van der Waals surface area contributed by atoms with E-state index in [1.54, 1.807) is 0 Å². The second-order valence-electron chi connectivity index (χ2n) is 4.90. The molecule has 2 aliphatic rings. The third kappa shape index (κ3) is 2.99. The maximum Gasteiger partial charge on any atom is 0.0242 e. The first-order valence-electron chi connectivity index (χ1n) is 5.81. The van der Waals surface area contributed by atoms with Gasteiger partial charge in [-0.1, -0.05) is 30.3 Å². The van der Waals surface area contributed by atoms with Crippen LogP contribution in [0, 0.1) is 0 Å². The van der Waals surface area contributed by atoms with Gasteiger partial charge in [-0.2, -0.15) is 27.0 Å². The number of rotatable bonds is 2. The lowest BCUT2D eigenvalue weighted by Gasteiger charge is -2.31. The van der Waals surface area contributed by atoms with Gasteiger partial charge >= 0.3 is 0 Å². The molecule has 2 nitrogen and oxygen atoms in total. The van der Waals surface area contributed by atoms with Gasteiger partial charge in [-0.25, -0.2) is 0 Å². The minimum absolute atomic E-state index is 0. The van der Waals surface area contributed by atoms with Crippen molar-refractivity contribution in [2.24, 2.45) is 0 Å². The first-order valence-corrected chi connectivity index (χ1v) is 5.81. The van der Waals surface area contributed by atoms with Crippen molar-refractivity contribution >= 4 is 27.0 Å². The van der Waals surface area contributed by atoms with Crippen molar-refractivity contribution in [3.05, 3.63) is 35.9 Å². The summed E-state index contributed by atoms with van der Waals surface area (Å²) in [6.45, 7) is 3.66. The summed E-state index contributed by atoms with van der Waals surface area (Å²) in [7, 11) is 2.25. The van der Waals surface area contributed by atoms with E-state index in [2.05, 4.69) is 47.2 Å². The number of likely N-dealkylation sites (tertiary alicyclic amines) is 2. The van der Waals surface area contributed by atoms with E-state index >= 15 is 0 Å². The molecule has 0 saturated carbocycles. The summed E-state index contributed by atoms with van der Waals surface area (Å²) in [6, 6.07) is 12.4. The van der Waals surface area contributed by atoms with Gasteiger partial charge in [0.25, 0.3) is 0 Å². The normalized spacial score (nSPS) is 27.6. The van der Waals surface area contributed by atoms with Gasteiger partial charge < -0.3 is 4.90 Å². The second-order valence-corrected chi connectivity index (χ2v) is 4.90. The summed E-state index contributed by atoms with van der Waals surface area (Å²) in [4.78, 5) is 5.14. The molecule has 2 aliphatic heterocycles. The van der Waals surface area contributed by atoms with Gasteiger partial charge in [-0.05, 0) is 19.0 Å². The van der Waals surface area contributed by atoms with Crippen molar-refractivity contribution in [3.63, 3.8) is 0 Å². The van der Waals surface area contributed by atoms with Crippen LogP contribution in [0.3, 0.4) is 0 Å². The highest BCUT2D eigenvalue weighted by Crippen LogP contribution is 2.30. The van der Waals surface area contributed by atoms with E-state index < -0.39 is 0 Å². The van der Waals surface area contributed by atoms with E-state index in [0.717, 1.165) is 18.6 Å². The molecule has 0 amide bonds. The molecule has 0 spiro atoms. The first kappa shape index (κ1) is 14.9. The van der Waals surface area contributed by atoms with Gasteiger partial charge in [-0.3, -0.25) is 4.90 Å². The van der Waals surface area contributed by atoms with Crippen LogP contribution in [-0.2, 0) is 6.54 Å². The van der Waals surface area contributed by atoms with Crippen LogP contribution in [0.1, 0.15) is 12.0 Å². The quantitative estimate of drug-likeness (QED) is 0.808. The number of piperazine rings is 1. The molecule has 0 aliphatic carbocycles. The molecule has 2 saturated heterocycles. The summed E-state index contributed by atoms with van der Waals surface area (Å²) >= 11 is 0. The molecule has 0 N–H and O–H groups in total. The van der Waals surface area contributed by atoms with Crippen LogP contribution < -0.4 is 0 Å². The van der Waals surface area contributed by atoms with Crippen molar-refractivity contribution in [1.82, 2.24) is 9.80 Å². The van der Waals surface area contributed by atoms with Gasteiger partial charge in [0.05, 0.1) is 0 Å². The largest absolute Gasteiger partial charge is 0.301 e. The Morgan fingerprint density at radius 1 is 1.06 bits per heavy atom. The van der Waals surface area contributed by atoms with Crippen LogP contribution in [0.25, 0.3) is 0 Å². The zero-order valence-electron chi connectivity index (χ0n) is 10.3. The highest BCUT2D eigenvalue weighted by atomic mass is 32.1. The van der Waals surface area contributed by atoms with Crippen molar-refractivity contribution in [2.45, 2.75) is 25.0 Å². The fraction of sp³-hybridized carbons (Fsp3) is 0.538. The lowest BCUT2D eigenvalue weighted by Crippen LogP contribution is -2.43. The Morgan fingerprint density at radius 3 is 2.29 bits per heavy atom. The molecule has 96 valence electrons. The Balaban J connectivity index is 0.000000722. The van der Waals surface area contributed by atoms with E-state index in [-0.39, 0.29) is 27.0 Å². The van der Waals surface area contributed by atoms with Crippen LogP contribution in [0.2, 0.25) is 0 Å². The maximum absolute atomic E-state index is 2.64. The summed E-state index contributed by atoms with van der Waals surface area (Å²) in [5.74, 6) is 0. The van der Waals surface area contributed by atoms with E-state index in [4.69, 9.17) is 0 Å². The Kier molecular flexibility index (Phi) is 5.38. The third-order valence-electron chi connectivity index (χ3n) is 3.86. The van der Waals surface area contributed by atoms with Crippen molar-refractivity contribution < 1.29 is 0 Å². The van der Waals surface area contributed by atoms with Crippen molar-refractivity contribution in [3.8, 4) is 0 Å². The average molecular weight is 270 g/mol. The zero-order chi connectivity index (χ0) is 10.3. The monoisotopic (exact) mass is 270 g/mol. The van der Waals surface area contributed by atoms with Gasteiger partial charge in [-0.15, -0.1) is 0 Å². The Labute approximate surface area is 118 Å². The molecule has 1 aromatic rings. The molecular formula is C13H22N2S2. The predicted molar refractivity (Wildman–Crippen MR) is 82.4 cm³/mol. The Hall–Kier alpha value is -0.160. The number of likely N-dealkylation sites (N-methyl/N-ethyl adjacent to an activating group) is 1. The lowest BCUT2D eigenvalue weighted by atomic mass is 10.2. The summed E-state index contributed by atoms with van der Waals surface area (Å²) in [5, 5.41) is 0. The molecule has 3 rings (SSSR count). The molecule has 4 heteroatoms. The lowest BCUT2D eigenvalue weighted by molar-refractivity contribution is 0.143. The molecular weight excluding hydrogens is 248 g/mol. The number of hydrogen-bond acceptors (Lipinski definition) is 2. The van der Waals surface area contributed by atoms with Crippen LogP contribution in [0.5, 0.6) is 0 Å². The minimum atomic E-state index is 0. The first-order chi connectivity index (χ1) is 7.33. The van der Waals surface area contributed by atoms with Crippen molar-refractivity contribution in [1.29, 1.82) is 0 Å². The zero-order valence-corrected chi connectivity index (χ0v) is 12.3. The van der Waals surface area contributed by atoms with Crippen LogP contribution in [0.15, 0.2) is 30.3 Å². The number of hydrogen-bond donors (Lipinski definition) is 0. The SMILES string of the molecule is CN1CC2CC1CN2Cc1ccccc1.S.S. The molecule has 2 fully saturated rings. The minimum Gasteiger partial charge on any atom is -0.301 e. The smallest absolute Gasteiger partial charge is 0.0242 e. The van der Waals surface area contributed by atoms with Crippen LogP contribution >= 0.6 is 27.0 Å². The summed E-state index contributed by atoms with van der Waals surface area (Å²) < 4.78 is 0. The van der Waals surface area contributed by atoms with Crippen molar-refractivity contribution in [2.75, 3.05) is 20.1 Å². The summed E-state index contributed by atoms with van der Waals surface area (Å²) in [5.41, 5.74) is 1.45. The third-order valence-corrected chi connectivity index (χ3v) is 3.86. The highest BCUT2D eigenvalue weighted by molar-refractivity contribution is 7.59. The Morgan fingerprint density at radius 2 is 1.76 bits per heavy atom. The van der Waals surface area contributed by atoms with Gasteiger partial charge in [0.1, 0.15) is 0 Å². The summed E-state index contributed by atoms with van der Waals surface area (Å²) in [6.07, 6.45) is 1.38. The number of benzene rings is 1. The molecule has 2 unspecified atom stereocenters. The molecule has 2 atom stereocenters. The molecule has 17 heavy (non-hydrogen) atoms. The molecule has 2 heterocycles. The molecule has 0 radical (unpaired) electrons. The van der Waals surface area contributed by atoms with E-state index in [1.807, 2.05) is 0 Å². The fourth-order valence-corrected chi connectivity index (χ4v) is 2.96. The van der Waals surface area contributed by atoms with Gasteiger partial charge in [0, 0.05) is 31.7 Å². The van der Waals surface area contributed by atoms with Crippen LogP contribution in [0.4, 0.5) is 0 Å². The molecule has 2 bridgehead atoms. The molecule has 1 aromatic carbocycles. The fourth-order valence-electron chi connectivity index (χ4n) is 2.96. The molecule has 0 aromatic heterocycles. The highest BCUT2D eigenvalue weighted by Gasteiger charge is 2.40. The maximum atomic E-state index is 2.64. The standard InChI is InChI=1S/C13H18N2.2H2S/c1-14-9-13-7-12(14)10-15(13)8-11-5-3-2-4-6-11;;/h2-6,12-13H,7-10H2,1H3;2*1H2. The topological polar surface area (TPSA) is 6.48 Å². The van der Waals surface area contributed by atoms with E-state index in [9.17, 15) is 0 Å². The second kappa shape index (κ2) is 6.14.